The lowest BCUT2D eigenvalue weighted by atomic mass is 10.0. The highest BCUT2D eigenvalue weighted by atomic mass is 16.3. The Balaban J connectivity index is 1.66. The predicted molar refractivity (Wildman–Crippen MR) is 112 cm³/mol. The topological polar surface area (TPSA) is 104 Å². The summed E-state index contributed by atoms with van der Waals surface area (Å²) >= 11 is 0. The van der Waals surface area contributed by atoms with Crippen LogP contribution in [0.2, 0.25) is 0 Å². The number of nitrogens with zero attached hydrogens (tertiary/aromatic N) is 4. The number of hydrogen-bond donors (Lipinski definition) is 3. The molecule has 29 heavy (non-hydrogen) atoms. The van der Waals surface area contributed by atoms with Gasteiger partial charge in [-0.3, -0.25) is 0 Å². The number of benzene rings is 3. The van der Waals surface area contributed by atoms with Gasteiger partial charge in [-0.05, 0) is 12.1 Å². The van der Waals surface area contributed by atoms with Gasteiger partial charge in [0.2, 0.25) is 0 Å². The van der Waals surface area contributed by atoms with Crippen LogP contribution in [0, 0.1) is 0 Å². The minimum Gasteiger partial charge on any atom is -0.508 e. The monoisotopic (exact) mass is 383 g/mol. The van der Waals surface area contributed by atoms with Gasteiger partial charge in [0, 0.05) is 22.8 Å². The second-order valence-corrected chi connectivity index (χ2v) is 6.18. The molecule has 0 atom stereocenters. The van der Waals surface area contributed by atoms with Crippen molar-refractivity contribution in [1.29, 1.82) is 0 Å². The van der Waals surface area contributed by atoms with E-state index < -0.39 is 0 Å². The summed E-state index contributed by atoms with van der Waals surface area (Å²) in [6.45, 7) is 0. The number of phenolic OH excluding ortho intramolecular Hbond substituents is 2. The van der Waals surface area contributed by atoms with E-state index in [1.54, 1.807) is 6.07 Å². The van der Waals surface area contributed by atoms with Crippen LogP contribution in [0.5, 0.6) is 11.5 Å². The van der Waals surface area contributed by atoms with Crippen LogP contribution in [-0.2, 0) is 0 Å². The van der Waals surface area contributed by atoms with Crippen LogP contribution >= 0.6 is 0 Å². The molecule has 0 radical (unpaired) electrons. The van der Waals surface area contributed by atoms with Crippen molar-refractivity contribution in [2.75, 3.05) is 5.43 Å². The standard InChI is InChI=1S/C22H17N5O2/c28-18-12-11-17(19(29)13-18)14-23-26-22-24-20(15-7-3-1-4-8-15)21(25-27-22)16-9-5-2-6-10-16/h1-14,28-29H,(H,24,26,27)/b23-14+. The summed E-state index contributed by atoms with van der Waals surface area (Å²) in [6, 6.07) is 23.7. The van der Waals surface area contributed by atoms with E-state index in [4.69, 9.17) is 0 Å². The van der Waals surface area contributed by atoms with Gasteiger partial charge < -0.3 is 10.2 Å². The first-order valence-electron chi connectivity index (χ1n) is 8.87. The summed E-state index contributed by atoms with van der Waals surface area (Å²) in [5.74, 6) is 0.112. The molecule has 1 aromatic heterocycles. The number of aromatic nitrogens is 3. The number of aromatic hydroxyl groups is 2. The third-order valence-electron chi connectivity index (χ3n) is 4.16. The molecule has 142 valence electrons. The molecule has 4 rings (SSSR count). The quantitative estimate of drug-likeness (QED) is 0.355. The predicted octanol–water partition coefficient (Wildman–Crippen LogP) is 4.06. The summed E-state index contributed by atoms with van der Waals surface area (Å²) in [6.07, 6.45) is 1.41. The fourth-order valence-electron chi connectivity index (χ4n) is 2.76. The molecule has 0 saturated heterocycles. The van der Waals surface area contributed by atoms with E-state index in [2.05, 4.69) is 25.7 Å². The minimum absolute atomic E-state index is 0.0239. The number of phenols is 2. The van der Waals surface area contributed by atoms with Crippen LogP contribution < -0.4 is 5.43 Å². The summed E-state index contributed by atoms with van der Waals surface area (Å²) in [5.41, 5.74) is 6.34. The highest BCUT2D eigenvalue weighted by Gasteiger charge is 2.13. The molecular formula is C22H17N5O2. The normalized spacial score (nSPS) is 10.9. The van der Waals surface area contributed by atoms with Gasteiger partial charge >= 0.3 is 0 Å². The summed E-state index contributed by atoms with van der Waals surface area (Å²) in [5, 5.41) is 31.7. The van der Waals surface area contributed by atoms with Crippen LogP contribution in [0.1, 0.15) is 5.56 Å². The van der Waals surface area contributed by atoms with Crippen molar-refractivity contribution in [2.45, 2.75) is 0 Å². The zero-order valence-corrected chi connectivity index (χ0v) is 15.3. The zero-order valence-electron chi connectivity index (χ0n) is 15.3. The van der Waals surface area contributed by atoms with Gasteiger partial charge in [-0.25, -0.2) is 10.4 Å². The van der Waals surface area contributed by atoms with Crippen molar-refractivity contribution in [3.05, 3.63) is 84.4 Å². The van der Waals surface area contributed by atoms with Crippen molar-refractivity contribution in [2.24, 2.45) is 5.10 Å². The number of nitrogens with one attached hydrogen (secondary N) is 1. The molecule has 3 aromatic carbocycles. The molecule has 0 spiro atoms. The molecule has 7 nitrogen and oxygen atoms in total. The van der Waals surface area contributed by atoms with Crippen LogP contribution in [0.4, 0.5) is 5.95 Å². The fourth-order valence-corrected chi connectivity index (χ4v) is 2.76. The first-order valence-corrected chi connectivity index (χ1v) is 8.87. The van der Waals surface area contributed by atoms with E-state index in [1.807, 2.05) is 60.7 Å². The minimum atomic E-state index is -0.0843. The van der Waals surface area contributed by atoms with E-state index in [1.165, 1.54) is 18.3 Å². The lowest BCUT2D eigenvalue weighted by molar-refractivity contribution is 0.450. The molecule has 0 bridgehead atoms. The molecule has 7 heteroatoms. The van der Waals surface area contributed by atoms with Gasteiger partial charge in [-0.15, -0.1) is 10.2 Å². The first-order chi connectivity index (χ1) is 14.2. The Morgan fingerprint density at radius 2 is 1.41 bits per heavy atom. The number of rotatable bonds is 5. The Morgan fingerprint density at radius 1 is 0.759 bits per heavy atom. The third-order valence-corrected chi connectivity index (χ3v) is 4.16. The lowest BCUT2D eigenvalue weighted by Gasteiger charge is -2.09. The molecule has 3 N–H and O–H groups in total. The van der Waals surface area contributed by atoms with Gasteiger partial charge in [0.25, 0.3) is 5.95 Å². The molecule has 0 saturated carbocycles. The summed E-state index contributed by atoms with van der Waals surface area (Å²) in [7, 11) is 0. The van der Waals surface area contributed by atoms with Gasteiger partial charge in [-0.1, -0.05) is 60.7 Å². The molecule has 4 aromatic rings. The number of hydrazone groups is 1. The Bertz CT molecular complexity index is 1150. The van der Waals surface area contributed by atoms with Gasteiger partial charge in [0.1, 0.15) is 22.9 Å². The Kier molecular flexibility index (Phi) is 5.11. The Labute approximate surface area is 167 Å². The highest BCUT2D eigenvalue weighted by Crippen LogP contribution is 2.28. The van der Waals surface area contributed by atoms with Gasteiger partial charge in [-0.2, -0.15) is 5.10 Å². The van der Waals surface area contributed by atoms with Crippen LogP contribution in [-0.4, -0.2) is 31.6 Å². The van der Waals surface area contributed by atoms with E-state index in [-0.39, 0.29) is 17.4 Å². The largest absolute Gasteiger partial charge is 0.508 e. The molecular weight excluding hydrogens is 366 g/mol. The second-order valence-electron chi connectivity index (χ2n) is 6.18. The maximum Gasteiger partial charge on any atom is 0.263 e. The van der Waals surface area contributed by atoms with Crippen molar-refractivity contribution < 1.29 is 10.2 Å². The van der Waals surface area contributed by atoms with Crippen LogP contribution in [0.3, 0.4) is 0 Å². The average Bonchev–Trinajstić information content (AvgIpc) is 2.76. The Morgan fingerprint density at radius 3 is 2.07 bits per heavy atom. The molecule has 0 amide bonds. The van der Waals surface area contributed by atoms with E-state index in [0.29, 0.717) is 17.0 Å². The lowest BCUT2D eigenvalue weighted by Crippen LogP contribution is -2.03. The number of hydrogen-bond acceptors (Lipinski definition) is 7. The van der Waals surface area contributed by atoms with E-state index in [0.717, 1.165) is 11.1 Å². The molecule has 0 unspecified atom stereocenters. The SMILES string of the molecule is Oc1ccc(/C=N/Nc2nnc(-c3ccccc3)c(-c3ccccc3)n2)c(O)c1. The van der Waals surface area contributed by atoms with Gasteiger partial charge in [0.05, 0.1) is 6.21 Å². The van der Waals surface area contributed by atoms with Crippen molar-refractivity contribution in [3.63, 3.8) is 0 Å². The van der Waals surface area contributed by atoms with Crippen molar-refractivity contribution in [3.8, 4) is 34.0 Å². The molecule has 0 fully saturated rings. The van der Waals surface area contributed by atoms with Crippen LogP contribution in [0.15, 0.2) is 84.0 Å². The summed E-state index contributed by atoms with van der Waals surface area (Å²) < 4.78 is 0. The van der Waals surface area contributed by atoms with Gasteiger partial charge in [0.15, 0.2) is 0 Å². The molecule has 0 aliphatic rings. The average molecular weight is 383 g/mol. The first kappa shape index (κ1) is 18.1. The highest BCUT2D eigenvalue weighted by molar-refractivity contribution is 5.84. The smallest absolute Gasteiger partial charge is 0.263 e. The fraction of sp³-hybridized carbons (Fsp3) is 0. The van der Waals surface area contributed by atoms with E-state index >= 15 is 0 Å². The maximum atomic E-state index is 9.82. The molecule has 0 aliphatic heterocycles. The van der Waals surface area contributed by atoms with Crippen molar-refractivity contribution >= 4 is 12.2 Å². The molecule has 1 heterocycles. The van der Waals surface area contributed by atoms with Crippen molar-refractivity contribution in [1.82, 2.24) is 15.2 Å². The van der Waals surface area contributed by atoms with Crippen LogP contribution in [0.25, 0.3) is 22.5 Å². The maximum absolute atomic E-state index is 9.82. The Hall–Kier alpha value is -4.26. The molecule has 0 aliphatic carbocycles. The van der Waals surface area contributed by atoms with E-state index in [9.17, 15) is 10.2 Å². The third kappa shape index (κ3) is 4.19. The zero-order chi connectivity index (χ0) is 20.1. The number of anilines is 1. The second kappa shape index (κ2) is 8.18. The summed E-state index contributed by atoms with van der Waals surface area (Å²) in [4.78, 5) is 4.59.